The Kier molecular flexibility index (Phi) is 5.07. The lowest BCUT2D eigenvalue weighted by Crippen LogP contribution is -2.22. The van der Waals surface area contributed by atoms with E-state index in [0.717, 1.165) is 18.4 Å². The van der Waals surface area contributed by atoms with Gasteiger partial charge >= 0.3 is 6.43 Å². The first-order valence-electron chi connectivity index (χ1n) is 8.87. The van der Waals surface area contributed by atoms with E-state index < -0.39 is 12.3 Å². The smallest absolute Gasteiger partial charge is 0.314 e. The first kappa shape index (κ1) is 18.8. The number of pyridine rings is 2. The van der Waals surface area contributed by atoms with E-state index in [-0.39, 0.29) is 11.8 Å². The second kappa shape index (κ2) is 7.82. The monoisotopic (exact) mass is 398 g/mol. The molecule has 0 bridgehead atoms. The molecular formula is C19H16F2N6O2. The number of aromatic nitrogens is 4. The minimum atomic E-state index is -2.83. The molecule has 29 heavy (non-hydrogen) atoms. The van der Waals surface area contributed by atoms with Gasteiger partial charge in [-0.1, -0.05) is 0 Å². The minimum absolute atomic E-state index is 0.0473. The van der Waals surface area contributed by atoms with Gasteiger partial charge in [0, 0.05) is 31.2 Å². The molecule has 0 aliphatic heterocycles. The number of hydrogen-bond acceptors (Lipinski definition) is 7. The summed E-state index contributed by atoms with van der Waals surface area (Å²) in [6.07, 6.45) is 5.46. The van der Waals surface area contributed by atoms with Gasteiger partial charge in [-0.15, -0.1) is 10.2 Å². The molecule has 0 spiro atoms. The van der Waals surface area contributed by atoms with Gasteiger partial charge in [0.1, 0.15) is 0 Å². The molecule has 1 aliphatic rings. The van der Waals surface area contributed by atoms with Crippen LogP contribution in [0.5, 0.6) is 0 Å². The SMILES string of the molecule is CN(/N=C/c1ccc(-c2nnc(C(F)F)o2)cn1)C(=O)c1ccncc1C1CC1. The molecule has 0 saturated heterocycles. The number of hydrogen-bond donors (Lipinski definition) is 0. The molecule has 1 fully saturated rings. The molecule has 148 valence electrons. The molecule has 0 unspecified atom stereocenters. The Morgan fingerprint density at radius 3 is 2.76 bits per heavy atom. The van der Waals surface area contributed by atoms with Crippen LogP contribution >= 0.6 is 0 Å². The third-order valence-electron chi connectivity index (χ3n) is 4.42. The summed E-state index contributed by atoms with van der Waals surface area (Å²) in [6.45, 7) is 0. The van der Waals surface area contributed by atoms with E-state index in [1.54, 1.807) is 37.6 Å². The summed E-state index contributed by atoms with van der Waals surface area (Å²) in [6, 6.07) is 4.89. The lowest BCUT2D eigenvalue weighted by atomic mass is 10.1. The Bertz CT molecular complexity index is 1050. The van der Waals surface area contributed by atoms with Crippen LogP contribution in [-0.2, 0) is 0 Å². The molecular weight excluding hydrogens is 382 g/mol. The maximum Gasteiger partial charge on any atom is 0.314 e. The van der Waals surface area contributed by atoms with Crippen molar-refractivity contribution in [2.24, 2.45) is 5.10 Å². The van der Waals surface area contributed by atoms with Crippen LogP contribution in [0.15, 0.2) is 46.3 Å². The van der Waals surface area contributed by atoms with E-state index in [9.17, 15) is 13.6 Å². The van der Waals surface area contributed by atoms with E-state index in [1.807, 2.05) is 0 Å². The number of halogens is 2. The van der Waals surface area contributed by atoms with Gasteiger partial charge in [-0.05, 0) is 42.5 Å². The van der Waals surface area contributed by atoms with Crippen molar-refractivity contribution in [2.75, 3.05) is 7.05 Å². The fraction of sp³-hybridized carbons (Fsp3) is 0.263. The summed E-state index contributed by atoms with van der Waals surface area (Å²) in [5.41, 5.74) is 2.41. The van der Waals surface area contributed by atoms with E-state index in [0.29, 0.717) is 22.7 Å². The normalized spacial score (nSPS) is 13.9. The van der Waals surface area contributed by atoms with Crippen LogP contribution in [0.2, 0.25) is 0 Å². The molecule has 0 atom stereocenters. The van der Waals surface area contributed by atoms with Gasteiger partial charge in [0.2, 0.25) is 5.89 Å². The quantitative estimate of drug-likeness (QED) is 0.466. The predicted molar refractivity (Wildman–Crippen MR) is 98.4 cm³/mol. The van der Waals surface area contributed by atoms with Crippen molar-refractivity contribution in [2.45, 2.75) is 25.2 Å². The summed E-state index contributed by atoms with van der Waals surface area (Å²) in [7, 11) is 1.56. The molecule has 3 aromatic rings. The molecule has 3 heterocycles. The molecule has 8 nitrogen and oxygen atoms in total. The third kappa shape index (κ3) is 4.15. The van der Waals surface area contributed by atoms with Crippen molar-refractivity contribution in [3.05, 3.63) is 59.5 Å². The summed E-state index contributed by atoms with van der Waals surface area (Å²) in [5, 5.41) is 12.2. The average molecular weight is 398 g/mol. The van der Waals surface area contributed by atoms with Crippen LogP contribution in [0.25, 0.3) is 11.5 Å². The highest BCUT2D eigenvalue weighted by molar-refractivity contribution is 5.96. The number of carbonyl (C=O) groups is 1. The molecule has 0 aromatic carbocycles. The highest BCUT2D eigenvalue weighted by Crippen LogP contribution is 2.41. The highest BCUT2D eigenvalue weighted by atomic mass is 19.3. The number of hydrazone groups is 1. The largest absolute Gasteiger partial charge is 0.415 e. The molecule has 4 rings (SSSR count). The van der Waals surface area contributed by atoms with Crippen LogP contribution in [0.4, 0.5) is 8.78 Å². The zero-order chi connectivity index (χ0) is 20.4. The number of carbonyl (C=O) groups excluding carboxylic acids is 1. The standard InChI is InChI=1S/C19H16F2N6O2/c1-27(19(28)14-6-7-22-10-15(14)11-2-3-11)24-9-13-5-4-12(8-23-13)17-25-26-18(29-17)16(20)21/h4-11,16H,2-3H2,1H3/b24-9+. The van der Waals surface area contributed by atoms with Gasteiger partial charge in [0.05, 0.1) is 17.5 Å². The van der Waals surface area contributed by atoms with Crippen molar-refractivity contribution < 1.29 is 18.0 Å². The lowest BCUT2D eigenvalue weighted by Gasteiger charge is -2.13. The number of amides is 1. The summed E-state index contributed by atoms with van der Waals surface area (Å²) in [5.74, 6) is -0.626. The Morgan fingerprint density at radius 2 is 2.10 bits per heavy atom. The van der Waals surface area contributed by atoms with Gasteiger partial charge in [0.15, 0.2) is 0 Å². The Labute approximate surface area is 164 Å². The first-order chi connectivity index (χ1) is 14.0. The van der Waals surface area contributed by atoms with Gasteiger partial charge in [-0.2, -0.15) is 13.9 Å². The van der Waals surface area contributed by atoms with Crippen LogP contribution < -0.4 is 0 Å². The van der Waals surface area contributed by atoms with Crippen LogP contribution in [-0.4, -0.2) is 44.3 Å². The predicted octanol–water partition coefficient (Wildman–Crippen LogP) is 3.45. The van der Waals surface area contributed by atoms with Crippen LogP contribution in [0, 0.1) is 0 Å². The zero-order valence-corrected chi connectivity index (χ0v) is 15.4. The summed E-state index contributed by atoms with van der Waals surface area (Å²) < 4.78 is 29.9. The first-order valence-corrected chi connectivity index (χ1v) is 8.87. The topological polar surface area (TPSA) is 97.4 Å². The van der Waals surface area contributed by atoms with Gasteiger partial charge in [-0.25, -0.2) is 5.01 Å². The van der Waals surface area contributed by atoms with Crippen LogP contribution in [0.3, 0.4) is 0 Å². The number of alkyl halides is 2. The van der Waals surface area contributed by atoms with Gasteiger partial charge in [-0.3, -0.25) is 14.8 Å². The van der Waals surface area contributed by atoms with E-state index in [1.165, 1.54) is 17.4 Å². The number of rotatable bonds is 6. The van der Waals surface area contributed by atoms with E-state index in [4.69, 9.17) is 4.42 Å². The molecule has 3 aromatic heterocycles. The van der Waals surface area contributed by atoms with Crippen LogP contribution in [0.1, 0.15) is 52.7 Å². The molecule has 1 amide bonds. The second-order valence-corrected chi connectivity index (χ2v) is 6.53. The molecule has 1 aliphatic carbocycles. The fourth-order valence-electron chi connectivity index (χ4n) is 2.74. The summed E-state index contributed by atoms with van der Waals surface area (Å²) >= 11 is 0. The molecule has 0 radical (unpaired) electrons. The van der Waals surface area contributed by atoms with E-state index >= 15 is 0 Å². The lowest BCUT2D eigenvalue weighted by molar-refractivity contribution is 0.0799. The van der Waals surface area contributed by atoms with Gasteiger partial charge in [0.25, 0.3) is 11.8 Å². The second-order valence-electron chi connectivity index (χ2n) is 6.53. The average Bonchev–Trinajstić information content (AvgIpc) is 3.47. The molecule has 1 saturated carbocycles. The Morgan fingerprint density at radius 1 is 1.28 bits per heavy atom. The van der Waals surface area contributed by atoms with E-state index in [2.05, 4.69) is 25.3 Å². The van der Waals surface area contributed by atoms with Gasteiger partial charge < -0.3 is 4.42 Å². The maximum atomic E-state index is 12.7. The fourth-order valence-corrected chi connectivity index (χ4v) is 2.74. The third-order valence-corrected chi connectivity index (χ3v) is 4.42. The summed E-state index contributed by atoms with van der Waals surface area (Å²) in [4.78, 5) is 21.0. The Hall–Kier alpha value is -3.56. The van der Waals surface area contributed by atoms with Crippen molar-refractivity contribution in [1.29, 1.82) is 0 Å². The van der Waals surface area contributed by atoms with Crippen molar-refractivity contribution in [3.8, 4) is 11.5 Å². The Balaban J connectivity index is 1.45. The molecule has 0 N–H and O–H groups in total. The minimum Gasteiger partial charge on any atom is -0.415 e. The van der Waals surface area contributed by atoms with Crippen molar-refractivity contribution in [1.82, 2.24) is 25.2 Å². The maximum absolute atomic E-state index is 12.7. The zero-order valence-electron chi connectivity index (χ0n) is 15.4. The highest BCUT2D eigenvalue weighted by Gasteiger charge is 2.29. The van der Waals surface area contributed by atoms with Crippen molar-refractivity contribution in [3.63, 3.8) is 0 Å². The number of nitrogens with zero attached hydrogens (tertiary/aromatic N) is 6. The molecule has 10 heteroatoms. The van der Waals surface area contributed by atoms with Crippen molar-refractivity contribution >= 4 is 12.1 Å².